The number of aryl methyl sites for hydroxylation is 1. The number of alkyl halides is 1. The van der Waals surface area contributed by atoms with Crippen molar-refractivity contribution >= 4 is 33.2 Å². The fraction of sp³-hybridized carbons (Fsp3) is 0.455. The van der Waals surface area contributed by atoms with E-state index in [9.17, 15) is 5.11 Å². The van der Waals surface area contributed by atoms with Crippen molar-refractivity contribution < 1.29 is 5.11 Å². The molecule has 0 amide bonds. The van der Waals surface area contributed by atoms with Crippen molar-refractivity contribution in [1.82, 2.24) is 0 Å². The van der Waals surface area contributed by atoms with Gasteiger partial charge < -0.3 is 10.4 Å². The summed E-state index contributed by atoms with van der Waals surface area (Å²) in [6.07, 6.45) is -0.510. The summed E-state index contributed by atoms with van der Waals surface area (Å²) in [6.45, 7) is 4.54. The monoisotopic (exact) mass is 291 g/mol. The predicted octanol–water partition coefficient (Wildman–Crippen LogP) is 3.08. The minimum atomic E-state index is -0.510. The lowest BCUT2D eigenvalue weighted by Crippen LogP contribution is -2.21. The van der Waals surface area contributed by atoms with E-state index in [4.69, 9.17) is 11.6 Å². The van der Waals surface area contributed by atoms with Crippen LogP contribution in [0.25, 0.3) is 0 Å². The predicted molar refractivity (Wildman–Crippen MR) is 68.8 cm³/mol. The third kappa shape index (κ3) is 3.37. The van der Waals surface area contributed by atoms with Crippen LogP contribution in [-0.4, -0.2) is 23.6 Å². The molecule has 1 aromatic carbocycles. The number of anilines is 1. The SMILES string of the molecule is Cc1ccc(Br)c(C)c1NCC(O)CCl. The molecule has 4 heteroatoms. The molecule has 0 fully saturated rings. The quantitative estimate of drug-likeness (QED) is 0.836. The number of hydrogen-bond donors (Lipinski definition) is 2. The van der Waals surface area contributed by atoms with Crippen molar-refractivity contribution in [1.29, 1.82) is 0 Å². The van der Waals surface area contributed by atoms with Gasteiger partial charge in [0.25, 0.3) is 0 Å². The molecule has 0 spiro atoms. The summed E-state index contributed by atoms with van der Waals surface area (Å²) >= 11 is 9.01. The lowest BCUT2D eigenvalue weighted by molar-refractivity contribution is 0.211. The normalized spacial score (nSPS) is 12.6. The Hall–Kier alpha value is -0.250. The highest BCUT2D eigenvalue weighted by Crippen LogP contribution is 2.27. The van der Waals surface area contributed by atoms with E-state index in [1.807, 2.05) is 26.0 Å². The van der Waals surface area contributed by atoms with Crippen molar-refractivity contribution in [3.8, 4) is 0 Å². The average molecular weight is 293 g/mol. The molecule has 1 atom stereocenters. The van der Waals surface area contributed by atoms with E-state index in [0.29, 0.717) is 6.54 Å². The highest BCUT2D eigenvalue weighted by atomic mass is 79.9. The summed E-state index contributed by atoms with van der Waals surface area (Å²) in [5.74, 6) is 0.249. The van der Waals surface area contributed by atoms with Gasteiger partial charge in [0, 0.05) is 16.7 Å². The molecule has 84 valence electrons. The van der Waals surface area contributed by atoms with Gasteiger partial charge >= 0.3 is 0 Å². The Morgan fingerprint density at radius 3 is 2.73 bits per heavy atom. The fourth-order valence-corrected chi connectivity index (χ4v) is 1.81. The smallest absolute Gasteiger partial charge is 0.0847 e. The maximum atomic E-state index is 9.36. The molecule has 0 saturated carbocycles. The number of aliphatic hydroxyl groups is 1. The summed E-state index contributed by atoms with van der Waals surface area (Å²) in [6, 6.07) is 4.06. The van der Waals surface area contributed by atoms with Crippen LogP contribution in [0.5, 0.6) is 0 Å². The molecule has 0 aromatic heterocycles. The first-order chi connectivity index (χ1) is 7.06. The summed E-state index contributed by atoms with van der Waals surface area (Å²) < 4.78 is 1.07. The summed E-state index contributed by atoms with van der Waals surface area (Å²) in [5, 5.41) is 12.6. The molecule has 15 heavy (non-hydrogen) atoms. The summed E-state index contributed by atoms with van der Waals surface area (Å²) in [5.41, 5.74) is 3.38. The van der Waals surface area contributed by atoms with E-state index >= 15 is 0 Å². The Labute approximate surface area is 104 Å². The van der Waals surface area contributed by atoms with Crippen molar-refractivity contribution in [3.63, 3.8) is 0 Å². The van der Waals surface area contributed by atoms with E-state index in [1.54, 1.807) is 0 Å². The molecule has 1 unspecified atom stereocenters. The first-order valence-electron chi connectivity index (χ1n) is 4.80. The Morgan fingerprint density at radius 2 is 2.13 bits per heavy atom. The standard InChI is InChI=1S/C11H15BrClNO/c1-7-3-4-10(12)8(2)11(7)14-6-9(15)5-13/h3-4,9,14-15H,5-6H2,1-2H3. The maximum Gasteiger partial charge on any atom is 0.0847 e. The topological polar surface area (TPSA) is 32.3 Å². The van der Waals surface area contributed by atoms with Crippen LogP contribution < -0.4 is 5.32 Å². The molecule has 0 aliphatic rings. The third-order valence-electron chi connectivity index (χ3n) is 2.30. The van der Waals surface area contributed by atoms with Crippen LogP contribution in [0.2, 0.25) is 0 Å². The molecule has 0 radical (unpaired) electrons. The zero-order valence-electron chi connectivity index (χ0n) is 8.85. The zero-order valence-corrected chi connectivity index (χ0v) is 11.2. The van der Waals surface area contributed by atoms with Gasteiger partial charge in [0.2, 0.25) is 0 Å². The molecule has 0 bridgehead atoms. The van der Waals surface area contributed by atoms with Gasteiger partial charge in [-0.1, -0.05) is 22.0 Å². The Balaban J connectivity index is 2.80. The highest BCUT2D eigenvalue weighted by Gasteiger charge is 2.07. The van der Waals surface area contributed by atoms with Crippen molar-refractivity contribution in [2.75, 3.05) is 17.7 Å². The van der Waals surface area contributed by atoms with Crippen LogP contribution in [0, 0.1) is 13.8 Å². The Morgan fingerprint density at radius 1 is 1.47 bits per heavy atom. The van der Waals surface area contributed by atoms with Gasteiger partial charge in [0.1, 0.15) is 0 Å². The number of halogens is 2. The second kappa shape index (κ2) is 5.73. The molecule has 0 aliphatic carbocycles. The van der Waals surface area contributed by atoms with Crippen LogP contribution in [0.15, 0.2) is 16.6 Å². The van der Waals surface area contributed by atoms with Gasteiger partial charge in [0.05, 0.1) is 12.0 Å². The number of benzene rings is 1. The van der Waals surface area contributed by atoms with Crippen molar-refractivity contribution in [2.24, 2.45) is 0 Å². The van der Waals surface area contributed by atoms with Gasteiger partial charge in [-0.3, -0.25) is 0 Å². The Bertz CT molecular complexity index is 344. The maximum absolute atomic E-state index is 9.36. The minimum absolute atomic E-state index is 0.249. The molecule has 2 nitrogen and oxygen atoms in total. The average Bonchev–Trinajstić information content (AvgIpc) is 2.23. The molecule has 0 aliphatic heterocycles. The van der Waals surface area contributed by atoms with E-state index in [0.717, 1.165) is 21.3 Å². The number of hydrogen-bond acceptors (Lipinski definition) is 2. The summed E-state index contributed by atoms with van der Waals surface area (Å²) in [4.78, 5) is 0. The van der Waals surface area contributed by atoms with Crippen molar-refractivity contribution in [3.05, 3.63) is 27.7 Å². The zero-order chi connectivity index (χ0) is 11.4. The second-order valence-corrected chi connectivity index (χ2v) is 4.72. The molecular formula is C11H15BrClNO. The van der Waals surface area contributed by atoms with E-state index < -0.39 is 6.10 Å². The van der Waals surface area contributed by atoms with E-state index in [1.165, 1.54) is 0 Å². The van der Waals surface area contributed by atoms with Crippen LogP contribution in [0.3, 0.4) is 0 Å². The lowest BCUT2D eigenvalue weighted by Gasteiger charge is -2.15. The molecule has 2 N–H and O–H groups in total. The van der Waals surface area contributed by atoms with Crippen LogP contribution in [0.1, 0.15) is 11.1 Å². The minimum Gasteiger partial charge on any atom is -0.390 e. The molecule has 1 rings (SSSR count). The van der Waals surface area contributed by atoms with Crippen LogP contribution in [-0.2, 0) is 0 Å². The second-order valence-electron chi connectivity index (χ2n) is 3.55. The van der Waals surface area contributed by atoms with Crippen LogP contribution >= 0.6 is 27.5 Å². The molecule has 1 aromatic rings. The van der Waals surface area contributed by atoms with Gasteiger partial charge in [-0.25, -0.2) is 0 Å². The van der Waals surface area contributed by atoms with Gasteiger partial charge in [-0.15, -0.1) is 11.6 Å². The summed E-state index contributed by atoms with van der Waals surface area (Å²) in [7, 11) is 0. The lowest BCUT2D eigenvalue weighted by atomic mass is 10.1. The number of aliphatic hydroxyl groups excluding tert-OH is 1. The third-order valence-corrected chi connectivity index (χ3v) is 3.52. The van der Waals surface area contributed by atoms with Crippen molar-refractivity contribution in [2.45, 2.75) is 20.0 Å². The van der Waals surface area contributed by atoms with Gasteiger partial charge in [0.15, 0.2) is 0 Å². The van der Waals surface area contributed by atoms with Crippen LogP contribution in [0.4, 0.5) is 5.69 Å². The molecule has 0 heterocycles. The largest absolute Gasteiger partial charge is 0.390 e. The van der Waals surface area contributed by atoms with E-state index in [2.05, 4.69) is 21.2 Å². The fourth-order valence-electron chi connectivity index (χ4n) is 1.37. The molecule has 0 saturated heterocycles. The number of rotatable bonds is 4. The van der Waals surface area contributed by atoms with Gasteiger partial charge in [-0.2, -0.15) is 0 Å². The van der Waals surface area contributed by atoms with E-state index in [-0.39, 0.29) is 5.88 Å². The first kappa shape index (κ1) is 12.8. The molecular weight excluding hydrogens is 277 g/mol. The Kier molecular flexibility index (Phi) is 4.90. The first-order valence-corrected chi connectivity index (χ1v) is 6.12. The number of nitrogens with one attached hydrogen (secondary N) is 1. The highest BCUT2D eigenvalue weighted by molar-refractivity contribution is 9.10. The van der Waals surface area contributed by atoms with Gasteiger partial charge in [-0.05, 0) is 31.0 Å².